The van der Waals surface area contributed by atoms with Crippen molar-refractivity contribution in [3.05, 3.63) is 97.8 Å². The monoisotopic (exact) mass is 550 g/mol. The van der Waals surface area contributed by atoms with Gasteiger partial charge in [-0.2, -0.15) is 4.37 Å². The first-order valence-corrected chi connectivity index (χ1v) is 13.7. The molecule has 2 aliphatic carbocycles. The van der Waals surface area contributed by atoms with E-state index < -0.39 is 11.2 Å². The molecule has 2 saturated carbocycles. The number of hydrogen-bond donors (Lipinski definition) is 1. The first kappa shape index (κ1) is 26.3. The van der Waals surface area contributed by atoms with Crippen molar-refractivity contribution in [2.75, 3.05) is 5.32 Å². The molecule has 0 spiro atoms. The average Bonchev–Trinajstić information content (AvgIpc) is 3.80. The Morgan fingerprint density at radius 1 is 1.32 bits per heavy atom. The molecule has 1 aromatic carbocycles. The zero-order valence-electron chi connectivity index (χ0n) is 21.4. The smallest absolute Gasteiger partial charge is 0.273 e. The summed E-state index contributed by atoms with van der Waals surface area (Å²) >= 11 is 7.98. The van der Waals surface area contributed by atoms with Gasteiger partial charge in [0, 0.05) is 40.4 Å². The van der Waals surface area contributed by atoms with E-state index >= 15 is 4.39 Å². The van der Waals surface area contributed by atoms with Crippen LogP contribution in [-0.2, 0) is 4.79 Å². The van der Waals surface area contributed by atoms with Crippen LogP contribution in [0.4, 0.5) is 10.1 Å². The second-order valence-corrected chi connectivity index (χ2v) is 11.1. The van der Waals surface area contributed by atoms with Gasteiger partial charge in [-0.1, -0.05) is 30.7 Å². The van der Waals surface area contributed by atoms with Crippen molar-refractivity contribution < 1.29 is 9.18 Å². The zero-order chi connectivity index (χ0) is 27.0. The van der Waals surface area contributed by atoms with Crippen LogP contribution in [0.2, 0.25) is 5.02 Å². The van der Waals surface area contributed by atoms with E-state index in [0.717, 1.165) is 30.5 Å². The van der Waals surface area contributed by atoms with Crippen molar-refractivity contribution in [2.45, 2.75) is 51.9 Å². The first-order chi connectivity index (χ1) is 18.2. The molecular formula is C29H28ClFN4O2S. The van der Waals surface area contributed by atoms with Crippen LogP contribution in [0.1, 0.15) is 67.5 Å². The number of carbonyl (C=O) groups is 1. The Kier molecular flexibility index (Phi) is 7.20. The molecule has 2 fully saturated rings. The zero-order valence-corrected chi connectivity index (χ0v) is 22.9. The quantitative estimate of drug-likeness (QED) is 0.310. The van der Waals surface area contributed by atoms with E-state index in [-0.39, 0.29) is 39.6 Å². The van der Waals surface area contributed by atoms with Crippen molar-refractivity contribution in [1.82, 2.24) is 8.94 Å². The van der Waals surface area contributed by atoms with Crippen molar-refractivity contribution in [2.24, 2.45) is 10.4 Å². The molecule has 0 radical (unpaired) electrons. The molecule has 2 heterocycles. The number of nitrogens with one attached hydrogen (secondary N) is 1. The number of benzene rings is 1. The number of aromatic nitrogens is 2. The number of hydrogen-bond acceptors (Lipinski definition) is 5. The van der Waals surface area contributed by atoms with E-state index in [1.807, 2.05) is 31.4 Å². The number of aliphatic imine (C=N–C) groups is 1. The number of rotatable bonds is 8. The molecule has 1 N–H and O–H groups in total. The summed E-state index contributed by atoms with van der Waals surface area (Å²) in [6.07, 6.45) is 8.89. The molecule has 2 unspecified atom stereocenters. The molecule has 0 saturated heterocycles. The van der Waals surface area contributed by atoms with E-state index in [1.54, 1.807) is 43.6 Å². The fraction of sp³-hybridized carbons (Fsp3) is 0.310. The van der Waals surface area contributed by atoms with Crippen LogP contribution in [0.25, 0.3) is 6.20 Å². The lowest BCUT2D eigenvalue weighted by Gasteiger charge is -2.13. The molecule has 9 heteroatoms. The largest absolute Gasteiger partial charge is 0.323 e. The highest BCUT2D eigenvalue weighted by molar-refractivity contribution is 7.03. The van der Waals surface area contributed by atoms with Crippen LogP contribution in [0.3, 0.4) is 0 Å². The number of amides is 1. The number of aryl methyl sites for hydroxylation is 1. The summed E-state index contributed by atoms with van der Waals surface area (Å²) in [5.41, 5.74) is 2.40. The lowest BCUT2D eigenvalue weighted by Crippen LogP contribution is -2.22. The highest BCUT2D eigenvalue weighted by Gasteiger charge is 2.45. The highest BCUT2D eigenvalue weighted by atomic mass is 35.5. The summed E-state index contributed by atoms with van der Waals surface area (Å²) in [5, 5.41) is 4.84. The maximum Gasteiger partial charge on any atom is 0.273 e. The van der Waals surface area contributed by atoms with Gasteiger partial charge in [0.05, 0.1) is 17.1 Å². The second kappa shape index (κ2) is 10.4. The number of anilines is 1. The van der Waals surface area contributed by atoms with Crippen molar-refractivity contribution in [1.29, 1.82) is 0 Å². The molecular weight excluding hydrogens is 523 g/mol. The van der Waals surface area contributed by atoms with Gasteiger partial charge < -0.3 is 5.32 Å². The third kappa shape index (κ3) is 5.15. The van der Waals surface area contributed by atoms with Gasteiger partial charge in [-0.05, 0) is 86.5 Å². The second-order valence-electron chi connectivity index (χ2n) is 10.1. The maximum atomic E-state index is 15.5. The summed E-state index contributed by atoms with van der Waals surface area (Å²) in [7, 11) is 0. The number of allylic oxidation sites excluding steroid dienone is 2. The minimum absolute atomic E-state index is 0.0991. The van der Waals surface area contributed by atoms with E-state index in [9.17, 15) is 9.59 Å². The first-order valence-electron chi connectivity index (χ1n) is 12.5. The van der Waals surface area contributed by atoms with Crippen LogP contribution in [0, 0.1) is 18.2 Å². The van der Waals surface area contributed by atoms with Crippen LogP contribution in [0.5, 0.6) is 0 Å². The van der Waals surface area contributed by atoms with Gasteiger partial charge in [0.2, 0.25) is 5.91 Å². The summed E-state index contributed by atoms with van der Waals surface area (Å²) in [4.78, 5) is 30.1. The molecule has 6 nitrogen and oxygen atoms in total. The fourth-order valence-corrected chi connectivity index (χ4v) is 5.36. The standard InChI is InChI=1S/C29H28ClFN4O2S/c1-4-12-32-22(18-6-5-7-24(26(18)31)33-28(37)29(3)10-11-29)8-13-35-17(2)15-21(25(30)27(35)36)19-16-20(19)23-9-14-38-34-23/h4-9,12-15,19-20H,10-11,16H2,1-3H3,(H,33,37)/b12-4+,13-8+,32-22-. The highest BCUT2D eigenvalue weighted by Crippen LogP contribution is 2.55. The van der Waals surface area contributed by atoms with Crippen molar-refractivity contribution in [3.8, 4) is 0 Å². The number of nitrogens with zero attached hydrogens (tertiary/aromatic N) is 3. The number of carbonyl (C=O) groups excluding carboxylic acids is 1. The minimum atomic E-state index is -0.586. The summed E-state index contributed by atoms with van der Waals surface area (Å²) in [6.45, 7) is 5.51. The van der Waals surface area contributed by atoms with Crippen molar-refractivity contribution in [3.63, 3.8) is 0 Å². The van der Waals surface area contributed by atoms with Gasteiger partial charge >= 0.3 is 0 Å². The summed E-state index contributed by atoms with van der Waals surface area (Å²) in [6, 6.07) is 8.73. The molecule has 2 atom stereocenters. The third-order valence-corrected chi connectivity index (χ3v) is 8.20. The molecule has 2 aliphatic rings. The van der Waals surface area contributed by atoms with Gasteiger partial charge in [-0.3, -0.25) is 19.1 Å². The van der Waals surface area contributed by atoms with Crippen LogP contribution in [0.15, 0.2) is 63.9 Å². The molecule has 196 valence electrons. The van der Waals surface area contributed by atoms with Gasteiger partial charge in [-0.15, -0.1) is 0 Å². The maximum absolute atomic E-state index is 15.5. The third-order valence-electron chi connectivity index (χ3n) is 7.25. The predicted octanol–water partition coefficient (Wildman–Crippen LogP) is 6.91. The fourth-order valence-electron chi connectivity index (χ4n) is 4.50. The van der Waals surface area contributed by atoms with E-state index in [1.165, 1.54) is 22.2 Å². The molecule has 3 aromatic rings. The Bertz CT molecular complexity index is 1540. The predicted molar refractivity (Wildman–Crippen MR) is 152 cm³/mol. The van der Waals surface area contributed by atoms with Crippen LogP contribution < -0.4 is 10.9 Å². The Balaban J connectivity index is 1.44. The lowest BCUT2D eigenvalue weighted by molar-refractivity contribution is -0.120. The van der Waals surface area contributed by atoms with Gasteiger partial charge in [0.25, 0.3) is 5.56 Å². The van der Waals surface area contributed by atoms with E-state index in [2.05, 4.69) is 14.7 Å². The number of halogens is 2. The average molecular weight is 551 g/mol. The molecule has 38 heavy (non-hydrogen) atoms. The Morgan fingerprint density at radius 2 is 2.11 bits per heavy atom. The summed E-state index contributed by atoms with van der Waals surface area (Å²) < 4.78 is 21.4. The Labute approximate surface area is 229 Å². The molecule has 0 aliphatic heterocycles. The van der Waals surface area contributed by atoms with E-state index in [4.69, 9.17) is 11.6 Å². The van der Waals surface area contributed by atoms with Crippen molar-refractivity contribution >= 4 is 46.6 Å². The minimum Gasteiger partial charge on any atom is -0.323 e. The van der Waals surface area contributed by atoms with Gasteiger partial charge in [-0.25, -0.2) is 4.39 Å². The normalized spacial score (nSPS) is 20.3. The summed E-state index contributed by atoms with van der Waals surface area (Å²) in [5.74, 6) is -0.328. The Morgan fingerprint density at radius 3 is 2.79 bits per heavy atom. The topological polar surface area (TPSA) is 76.3 Å². The SMILES string of the molecule is C/C=C/N=C(/C=C/n1c(C)cc(C2CC2c2ccsn2)c(Cl)c1=O)c1cccc(NC(=O)C2(C)CC2)c1F. The molecule has 1 amide bonds. The van der Waals surface area contributed by atoms with Gasteiger partial charge in [0.1, 0.15) is 5.02 Å². The lowest BCUT2D eigenvalue weighted by atomic mass is 10.1. The van der Waals surface area contributed by atoms with Crippen LogP contribution in [-0.4, -0.2) is 20.6 Å². The molecule has 2 aromatic heterocycles. The Hall–Kier alpha value is -3.36. The number of pyridine rings is 1. The molecule has 0 bridgehead atoms. The van der Waals surface area contributed by atoms with Gasteiger partial charge in [0.15, 0.2) is 5.82 Å². The van der Waals surface area contributed by atoms with Crippen LogP contribution >= 0.6 is 23.1 Å². The van der Waals surface area contributed by atoms with E-state index in [0.29, 0.717) is 11.4 Å². The molecule has 5 rings (SSSR count).